The molecule has 0 bridgehead atoms. The third kappa shape index (κ3) is 3.28. The fourth-order valence-corrected chi connectivity index (χ4v) is 5.23. The first kappa shape index (κ1) is 18.2. The summed E-state index contributed by atoms with van der Waals surface area (Å²) in [5, 5.41) is 15.3. The molecule has 0 unspecified atom stereocenters. The SMILES string of the molecule is CC[NH+]1CC[NH+]([C@H](c2ccccc2OC)c2sc3nc(C)nn3c2O)CC1. The Bertz CT molecular complexity index is 929. The molecule has 0 saturated carbocycles. The number of fused-ring (bicyclic) bond motifs is 1. The maximum atomic E-state index is 10.9. The standard InChI is InChI=1S/C19H25N5O2S/c1-4-22-9-11-23(12-10-22)16(14-7-5-6-8-15(14)26-3)17-18(25)24-19(27-17)20-13(2)21-24/h5-8,16,25H,4,9-12H2,1-3H3/p+2/t16-/m1/s1. The van der Waals surface area contributed by atoms with Crippen LogP contribution < -0.4 is 14.5 Å². The molecule has 0 spiro atoms. The zero-order valence-electron chi connectivity index (χ0n) is 16.0. The van der Waals surface area contributed by atoms with E-state index in [1.54, 1.807) is 16.5 Å². The molecule has 1 aliphatic rings. The zero-order chi connectivity index (χ0) is 19.0. The van der Waals surface area contributed by atoms with Gasteiger partial charge in [0.05, 0.1) is 19.2 Å². The van der Waals surface area contributed by atoms with Crippen molar-refractivity contribution in [2.45, 2.75) is 19.9 Å². The van der Waals surface area contributed by atoms with E-state index in [9.17, 15) is 5.11 Å². The van der Waals surface area contributed by atoms with Crippen LogP contribution in [0.3, 0.4) is 0 Å². The van der Waals surface area contributed by atoms with Gasteiger partial charge in [-0.15, -0.1) is 5.10 Å². The second-order valence-corrected chi connectivity index (χ2v) is 8.09. The maximum absolute atomic E-state index is 10.9. The van der Waals surface area contributed by atoms with E-state index < -0.39 is 0 Å². The Morgan fingerprint density at radius 1 is 1.26 bits per heavy atom. The lowest BCUT2D eigenvalue weighted by Gasteiger charge is -2.34. The Kier molecular flexibility index (Phi) is 5.03. The van der Waals surface area contributed by atoms with E-state index in [-0.39, 0.29) is 11.9 Å². The van der Waals surface area contributed by atoms with Crippen LogP contribution in [0.25, 0.3) is 4.96 Å². The van der Waals surface area contributed by atoms with E-state index in [2.05, 4.69) is 23.1 Å². The van der Waals surface area contributed by atoms with Crippen LogP contribution in [-0.2, 0) is 0 Å². The molecule has 1 atom stereocenters. The van der Waals surface area contributed by atoms with Gasteiger partial charge in [0, 0.05) is 0 Å². The number of likely N-dealkylation sites (N-methyl/N-ethyl adjacent to an activating group) is 1. The van der Waals surface area contributed by atoms with Crippen LogP contribution >= 0.6 is 11.3 Å². The average Bonchev–Trinajstić information content (AvgIpc) is 3.20. The summed E-state index contributed by atoms with van der Waals surface area (Å²) >= 11 is 1.52. The number of aromatic nitrogens is 3. The topological polar surface area (TPSA) is 68.5 Å². The van der Waals surface area contributed by atoms with Crippen LogP contribution in [0, 0.1) is 6.92 Å². The lowest BCUT2D eigenvalue weighted by Crippen LogP contribution is -3.28. The molecule has 7 nitrogen and oxygen atoms in total. The first-order valence-corrected chi connectivity index (χ1v) is 10.3. The molecular formula is C19H27N5O2S+2. The molecule has 8 heteroatoms. The van der Waals surface area contributed by atoms with Gasteiger partial charge in [0.25, 0.3) is 0 Å². The number of aryl methyl sites for hydroxylation is 1. The first-order chi connectivity index (χ1) is 13.1. The number of quaternary nitrogens is 2. The number of nitrogens with zero attached hydrogens (tertiary/aromatic N) is 3. The second kappa shape index (κ2) is 7.46. The molecule has 2 aromatic heterocycles. The third-order valence-corrected chi connectivity index (χ3v) is 6.61. The van der Waals surface area contributed by atoms with Gasteiger partial charge in [-0.2, -0.15) is 4.52 Å². The quantitative estimate of drug-likeness (QED) is 0.561. The van der Waals surface area contributed by atoms with Crippen molar-refractivity contribution in [3.05, 3.63) is 40.5 Å². The van der Waals surface area contributed by atoms with Gasteiger partial charge < -0.3 is 19.6 Å². The van der Waals surface area contributed by atoms with Crippen LogP contribution in [0.2, 0.25) is 0 Å². The van der Waals surface area contributed by atoms with Crippen molar-refractivity contribution in [1.82, 2.24) is 14.6 Å². The molecule has 3 heterocycles. The Balaban J connectivity index is 1.80. The van der Waals surface area contributed by atoms with Gasteiger partial charge in [-0.25, -0.2) is 4.98 Å². The van der Waals surface area contributed by atoms with Gasteiger partial charge >= 0.3 is 0 Å². The fraction of sp³-hybridized carbons (Fsp3) is 0.474. The normalized spacial score (nSPS) is 21.4. The lowest BCUT2D eigenvalue weighted by atomic mass is 10.0. The van der Waals surface area contributed by atoms with Gasteiger partial charge in [-0.3, -0.25) is 0 Å². The smallest absolute Gasteiger partial charge is 0.235 e. The number of para-hydroxylation sites is 1. The molecule has 0 amide bonds. The summed E-state index contributed by atoms with van der Waals surface area (Å²) in [6.07, 6.45) is 0. The van der Waals surface area contributed by atoms with E-state index in [1.807, 2.05) is 25.1 Å². The monoisotopic (exact) mass is 389 g/mol. The summed E-state index contributed by atoms with van der Waals surface area (Å²) in [4.78, 5) is 9.18. The van der Waals surface area contributed by atoms with Crippen LogP contribution in [0.4, 0.5) is 0 Å². The highest BCUT2D eigenvalue weighted by Crippen LogP contribution is 2.37. The Hall–Kier alpha value is -2.16. The summed E-state index contributed by atoms with van der Waals surface area (Å²) in [5.41, 5.74) is 1.10. The van der Waals surface area contributed by atoms with Crippen molar-refractivity contribution in [2.24, 2.45) is 0 Å². The number of rotatable bonds is 5. The van der Waals surface area contributed by atoms with Gasteiger partial charge in [0.15, 0.2) is 6.04 Å². The molecule has 4 rings (SSSR count). The van der Waals surface area contributed by atoms with E-state index >= 15 is 0 Å². The molecule has 1 saturated heterocycles. The Labute approximate surface area is 162 Å². The van der Waals surface area contributed by atoms with Crippen LogP contribution in [-0.4, -0.2) is 59.5 Å². The molecule has 0 radical (unpaired) electrons. The molecule has 3 aromatic rings. The van der Waals surface area contributed by atoms with E-state index in [1.165, 1.54) is 16.2 Å². The maximum Gasteiger partial charge on any atom is 0.235 e. The molecule has 1 aromatic carbocycles. The molecule has 27 heavy (non-hydrogen) atoms. The predicted molar refractivity (Wildman–Crippen MR) is 104 cm³/mol. The van der Waals surface area contributed by atoms with Crippen LogP contribution in [0.15, 0.2) is 24.3 Å². The average molecular weight is 390 g/mol. The number of aromatic hydroxyl groups is 1. The van der Waals surface area contributed by atoms with Crippen molar-refractivity contribution >= 4 is 16.3 Å². The fourth-order valence-electron chi connectivity index (χ4n) is 4.05. The second-order valence-electron chi connectivity index (χ2n) is 7.08. The number of benzene rings is 1. The van der Waals surface area contributed by atoms with E-state index in [0.29, 0.717) is 5.82 Å². The first-order valence-electron chi connectivity index (χ1n) is 9.48. The minimum Gasteiger partial charge on any atom is -0.496 e. The third-order valence-electron chi connectivity index (χ3n) is 5.53. The lowest BCUT2D eigenvalue weighted by molar-refractivity contribution is -1.02. The minimum atomic E-state index is 0.00774. The highest BCUT2D eigenvalue weighted by atomic mass is 32.1. The van der Waals surface area contributed by atoms with Crippen LogP contribution in [0.1, 0.15) is 29.2 Å². The summed E-state index contributed by atoms with van der Waals surface area (Å²) in [6, 6.07) is 8.13. The largest absolute Gasteiger partial charge is 0.496 e. The predicted octanol–water partition coefficient (Wildman–Crippen LogP) is -0.294. The summed E-state index contributed by atoms with van der Waals surface area (Å²) in [5.74, 6) is 1.73. The number of hydrogen-bond acceptors (Lipinski definition) is 5. The molecular weight excluding hydrogens is 362 g/mol. The minimum absolute atomic E-state index is 0.00774. The molecule has 1 aliphatic heterocycles. The number of ether oxygens (including phenoxy) is 1. The Morgan fingerprint density at radius 3 is 2.67 bits per heavy atom. The van der Waals surface area contributed by atoms with Crippen LogP contribution in [0.5, 0.6) is 11.6 Å². The molecule has 3 N–H and O–H groups in total. The van der Waals surface area contributed by atoms with Crippen molar-refractivity contribution in [3.8, 4) is 11.6 Å². The van der Waals surface area contributed by atoms with Crippen molar-refractivity contribution in [3.63, 3.8) is 0 Å². The number of piperazine rings is 1. The van der Waals surface area contributed by atoms with E-state index in [4.69, 9.17) is 4.74 Å². The summed E-state index contributed by atoms with van der Waals surface area (Å²) in [6.45, 7) is 9.63. The molecule has 1 fully saturated rings. The summed E-state index contributed by atoms with van der Waals surface area (Å²) in [7, 11) is 1.70. The highest BCUT2D eigenvalue weighted by molar-refractivity contribution is 7.17. The van der Waals surface area contributed by atoms with Gasteiger partial charge in [-0.05, 0) is 26.0 Å². The van der Waals surface area contributed by atoms with Gasteiger partial charge in [0.2, 0.25) is 10.8 Å². The van der Waals surface area contributed by atoms with Crippen molar-refractivity contribution in [1.29, 1.82) is 0 Å². The molecule has 0 aliphatic carbocycles. The highest BCUT2D eigenvalue weighted by Gasteiger charge is 2.37. The van der Waals surface area contributed by atoms with Crippen molar-refractivity contribution in [2.75, 3.05) is 39.8 Å². The number of methoxy groups -OCH3 is 1. The van der Waals surface area contributed by atoms with Gasteiger partial charge in [-0.1, -0.05) is 23.5 Å². The number of thiazole rings is 1. The Morgan fingerprint density at radius 2 is 2.00 bits per heavy atom. The number of hydrogen-bond donors (Lipinski definition) is 3. The number of nitrogens with one attached hydrogen (secondary N) is 2. The summed E-state index contributed by atoms with van der Waals surface area (Å²) < 4.78 is 7.22. The molecule has 144 valence electrons. The van der Waals surface area contributed by atoms with E-state index in [0.717, 1.165) is 53.9 Å². The van der Waals surface area contributed by atoms with Crippen molar-refractivity contribution < 1.29 is 19.6 Å². The zero-order valence-corrected chi connectivity index (χ0v) is 16.8. The van der Waals surface area contributed by atoms with Gasteiger partial charge in [0.1, 0.15) is 42.6 Å².